The number of nitriles is 4. The SMILES string of the molecule is C1CCOC1.CC(C)(C)OC(=O)N1CC2OC2C1.CC(C)(C)OC(=O)N1C[C@@H](C#N)[C@H](O[Si](C)(C)C(C)(C)C)C1.CC(C)(C)OC(=O)N1C[C@@H](CN)[C@H](O[Si](C)(C)C(C)(C)C)C1.CC(C)(C)OC(=O)N1C[C@H](O)[C@@H](C#N)C1.CC(C)(C)OC(=O)N1C[C@H](O[Si](C)(C)C)[C@@H](C#N)C1.CC(C)(C)[Si](C)(C)Cl.CO.C[Si](C)(C)C#N.F.F.F.FF.FF.FF.FF.FF.FF.O=CO[O-].[H-].[K+].[K+]. The molecular weight excluding hydrogens is 1960 g/mol. The molecule has 0 bridgehead atoms. The first-order chi connectivity index (χ1) is 58.1. The number of amides is 5. The first-order valence-electron chi connectivity index (χ1n) is 40.9. The maximum Gasteiger partial charge on any atom is 1.00 e. The summed E-state index contributed by atoms with van der Waals surface area (Å²) >= 11 is 6.15. The van der Waals surface area contributed by atoms with Gasteiger partial charge >= 0.3 is 133 Å². The van der Waals surface area contributed by atoms with Crippen LogP contribution in [-0.2, 0) is 56.1 Å². The molecule has 133 heavy (non-hydrogen) atoms. The quantitative estimate of drug-likeness (QED) is 0.0297. The summed E-state index contributed by atoms with van der Waals surface area (Å²) in [5.41, 5.74) is 5.67. The summed E-state index contributed by atoms with van der Waals surface area (Å²) in [6.45, 7) is 79.8. The fourth-order valence-electron chi connectivity index (χ4n) is 9.61. The molecule has 0 saturated carbocycles. The number of carbonyl (C=O) groups excluding carboxylic acids is 6. The summed E-state index contributed by atoms with van der Waals surface area (Å²) in [6.07, 6.45) is 0.266. The molecule has 7 saturated heterocycles. The van der Waals surface area contributed by atoms with Crippen molar-refractivity contribution in [2.45, 2.75) is 337 Å². The molecule has 0 aromatic heterocycles. The van der Waals surface area contributed by atoms with Crippen LogP contribution in [0.5, 0.6) is 0 Å². The van der Waals surface area contributed by atoms with Crippen molar-refractivity contribution >= 4 is 88.4 Å². The number of β-amino-alcohol motifs (C(OH)–C–C–N with tert-alkyl or cyclic N) is 1. The molecule has 7 aliphatic heterocycles. The zero-order valence-corrected chi connectivity index (χ0v) is 97.9. The molecule has 53 heteroatoms. The minimum Gasteiger partial charge on any atom is -1.00 e. The van der Waals surface area contributed by atoms with E-state index in [1.165, 1.54) is 17.7 Å². The second-order valence-electron chi connectivity index (χ2n) is 41.1. The second kappa shape index (κ2) is 76.7. The normalized spacial score (nSPS) is 20.0. The van der Waals surface area contributed by atoms with Gasteiger partial charge in [0, 0.05) is 120 Å². The molecule has 0 aromatic rings. The van der Waals surface area contributed by atoms with Gasteiger partial charge in [0.25, 0.3) is 6.47 Å². The number of fused-ring (bicyclic) bond motifs is 1. The van der Waals surface area contributed by atoms with Crippen LogP contribution >= 0.6 is 11.1 Å². The molecular formula is C80H160ClF15K2N10O20Si5. The van der Waals surface area contributed by atoms with Crippen LogP contribution in [0.3, 0.4) is 0 Å². The van der Waals surface area contributed by atoms with Crippen molar-refractivity contribution in [1.82, 2.24) is 24.5 Å². The van der Waals surface area contributed by atoms with Crippen molar-refractivity contribution in [1.29, 1.82) is 21.0 Å². The van der Waals surface area contributed by atoms with Crippen LogP contribution in [0, 0.1) is 68.6 Å². The van der Waals surface area contributed by atoms with Crippen molar-refractivity contribution in [3.05, 3.63) is 0 Å². The van der Waals surface area contributed by atoms with E-state index in [9.17, 15) is 39.6 Å². The van der Waals surface area contributed by atoms with Crippen molar-refractivity contribution in [2.24, 2.45) is 29.4 Å². The summed E-state index contributed by atoms with van der Waals surface area (Å²) in [5.74, 6) is -0.875. The predicted octanol–water partition coefficient (Wildman–Crippen LogP) is 14.4. The van der Waals surface area contributed by atoms with Gasteiger partial charge in [-0.15, -0.1) is 0 Å². The molecule has 5 amide bonds. The van der Waals surface area contributed by atoms with E-state index < -0.39 is 86.5 Å². The fourth-order valence-corrected chi connectivity index (χ4v) is 13.5. The van der Waals surface area contributed by atoms with Crippen LogP contribution in [0.4, 0.5) is 93.0 Å². The Kier molecular flexibility index (Phi) is 92.7. The van der Waals surface area contributed by atoms with Crippen LogP contribution in [0.2, 0.25) is 93.7 Å². The van der Waals surface area contributed by atoms with Crippen molar-refractivity contribution in [3.8, 4) is 23.9 Å². The number of epoxide rings is 1. The van der Waals surface area contributed by atoms with Crippen LogP contribution < -0.4 is 114 Å². The third-order valence-electron chi connectivity index (χ3n) is 18.7. The van der Waals surface area contributed by atoms with Crippen molar-refractivity contribution in [3.63, 3.8) is 0 Å². The Morgan fingerprint density at radius 1 is 0.436 bits per heavy atom. The average molecular weight is 2120 g/mol. The number of hydrogen-bond acceptors (Lipinski definition) is 25. The van der Waals surface area contributed by atoms with Gasteiger partial charge in [-0.3, -0.25) is 18.9 Å². The monoisotopic (exact) mass is 2120 g/mol. The Balaban J connectivity index is -0.0000000924. The number of aliphatic hydroxyl groups excluding tert-OH is 2. The number of aliphatic hydroxyl groups is 2. The zero-order valence-electron chi connectivity index (χ0n) is 86.9. The van der Waals surface area contributed by atoms with Gasteiger partial charge in [0.15, 0.2) is 40.4 Å². The Hall–Kier alpha value is -2.98. The zero-order chi connectivity index (χ0) is 104. The first-order valence-corrected chi connectivity index (χ1v) is 57.7. The van der Waals surface area contributed by atoms with Gasteiger partial charge in [0.2, 0.25) is 0 Å². The Morgan fingerprint density at radius 2 is 0.662 bits per heavy atom. The summed E-state index contributed by atoms with van der Waals surface area (Å²) in [5, 5.41) is 60.9. The molecule has 2 unspecified atom stereocenters. The first kappa shape index (κ1) is 161. The summed E-state index contributed by atoms with van der Waals surface area (Å²) in [7, 11) is -7.28. The van der Waals surface area contributed by atoms with Gasteiger partial charge in [-0.2, -0.15) is 26.9 Å². The third kappa shape index (κ3) is 78.3. The molecule has 4 N–H and O–H groups in total. The number of nitrogens with zero attached hydrogens (tertiary/aromatic N) is 9. The Labute approximate surface area is 877 Å². The van der Waals surface area contributed by atoms with Gasteiger partial charge in [-0.25, -0.2) is 29.2 Å². The number of rotatable bonds is 8. The van der Waals surface area contributed by atoms with Gasteiger partial charge in [0.05, 0.1) is 93.1 Å². The largest absolute Gasteiger partial charge is 1.00 e. The number of halogens is 16. The molecule has 0 radical (unpaired) electrons. The predicted molar refractivity (Wildman–Crippen MR) is 485 cm³/mol. The van der Waals surface area contributed by atoms with E-state index in [0.717, 1.165) is 20.3 Å². The number of ether oxygens (including phenoxy) is 7. The van der Waals surface area contributed by atoms with E-state index >= 15 is 0 Å². The summed E-state index contributed by atoms with van der Waals surface area (Å²) in [4.78, 5) is 78.7. The fraction of sp³-hybridized carbons (Fsp3) is 0.875. The maximum absolute atomic E-state index is 12.2. The van der Waals surface area contributed by atoms with Gasteiger partial charge in [-0.05, 0) is 184 Å². The number of carbonyl (C=O) groups is 6. The average Bonchev–Trinajstić information content (AvgIpc) is 1.62. The number of likely N-dealkylation sites (tertiary alicyclic amines) is 5. The van der Waals surface area contributed by atoms with E-state index in [4.69, 9.17) is 144 Å². The van der Waals surface area contributed by atoms with Crippen LogP contribution in [0.15, 0.2) is 0 Å². The molecule has 0 aromatic carbocycles. The Bertz CT molecular complexity index is 3210. The molecule has 784 valence electrons. The van der Waals surface area contributed by atoms with Crippen LogP contribution in [0.25, 0.3) is 0 Å². The van der Waals surface area contributed by atoms with Crippen LogP contribution in [0.1, 0.15) is 180 Å². The molecule has 0 spiro atoms. The molecule has 7 heterocycles. The number of morpholine rings is 1. The summed E-state index contributed by atoms with van der Waals surface area (Å²) < 4.78 is 152. The standard InChI is InChI=1S/C16H34N2O3Si.C16H30N2O3Si.C13H24N2O3Si.C10H16N2O3.C9H15NO3.C6H15ClSi.C4H9NSi.C4H8O.CH2O3.CH4O.6F2.3FH.2K.H/c2*1-15(2,3)20-14(19)18-10-12(9-17)13(11-18)21-22(7,8)16(4,5)6;1-13(2,3)17-12(16)15-8-10(7-14)11(9-15)18-19(4,5)6;1-10(2,3)15-9(14)12-5-7(4-11)8(13)6-12;1-9(2,3)13-8(11)10-4-6-7(5-10)12-6;1-6(2,3)8(4,5)7;1-6(2,3)4-5;1-2-4-5-3-1;2-1-4-3;7*1-2;;;;;;/h12-13H,9-11,17H2,1-8H3;12-13H,10-11H2,1-8H3;10-11H,8-9H2,1-6H3;7-8,13H,5-6H2,1-3H3;6-7H,4-5H2,1-3H3;1-5H3;1-3H3;1-4H2;1,3H;2H,1H3;;;;;;;3*1H;;;/q;;;;;;;;;;;;;;;;;;;2*+1;-1/p-1/t2*12-,13-;10-,11-;7-,8-;;;;;;;;;;;;;;;;;;/m1100................../s1. The molecule has 30 nitrogen and oxygen atoms in total. The smallest absolute Gasteiger partial charge is 1.00 e. The third-order valence-corrected chi connectivity index (χ3v) is 34.7. The van der Waals surface area contributed by atoms with E-state index in [0.29, 0.717) is 63.9 Å². The van der Waals surface area contributed by atoms with Gasteiger partial charge < -0.3 is 98.5 Å². The minimum absolute atomic E-state index is 0. The van der Waals surface area contributed by atoms with E-state index in [-0.39, 0.29) is 221 Å². The van der Waals surface area contributed by atoms with Gasteiger partial charge in [0.1, 0.15) is 40.2 Å². The van der Waals surface area contributed by atoms with E-state index in [2.05, 4.69) is 144 Å². The van der Waals surface area contributed by atoms with E-state index in [1.807, 2.05) is 109 Å². The van der Waals surface area contributed by atoms with Crippen LogP contribution in [-0.4, -0.2) is 269 Å². The Morgan fingerprint density at radius 3 is 0.857 bits per heavy atom. The van der Waals surface area contributed by atoms with Crippen molar-refractivity contribution in [2.75, 3.05) is 92.3 Å². The minimum atomic E-state index is -1.97. The molecule has 7 fully saturated rings. The molecule has 7 aliphatic rings. The topological polar surface area (TPSA) is 408 Å². The number of hydrogen-bond donors (Lipinski definition) is 3. The molecule has 7 rings (SSSR count). The molecule has 10 atom stereocenters. The summed E-state index contributed by atoms with van der Waals surface area (Å²) in [6, 6.07) is 6.48. The number of nitrogens with two attached hydrogens (primary N) is 1. The van der Waals surface area contributed by atoms with E-state index in [1.54, 1.807) is 40.4 Å². The van der Waals surface area contributed by atoms with Gasteiger partial charge in [-0.1, -0.05) is 95.0 Å². The second-order valence-corrected chi connectivity index (χ2v) is 67.1. The van der Waals surface area contributed by atoms with Crippen molar-refractivity contribution < 1.29 is 269 Å². The molecule has 0 aliphatic carbocycles. The maximum atomic E-state index is 12.2.